The monoisotopic (exact) mass is 296 g/mol. The van der Waals surface area contributed by atoms with Crippen LogP contribution in [0.25, 0.3) is 16.9 Å². The second-order valence-corrected chi connectivity index (χ2v) is 5.43. The van der Waals surface area contributed by atoms with E-state index in [2.05, 4.69) is 17.0 Å². The molecular formula is C17H20N4O. The molecule has 22 heavy (non-hydrogen) atoms. The second kappa shape index (κ2) is 6.17. The van der Waals surface area contributed by atoms with Gasteiger partial charge in [-0.1, -0.05) is 30.3 Å². The fourth-order valence-corrected chi connectivity index (χ4v) is 2.59. The van der Waals surface area contributed by atoms with Crippen molar-refractivity contribution in [2.45, 2.75) is 6.54 Å². The minimum Gasteiger partial charge on any atom is -0.398 e. The number of benzene rings is 1. The van der Waals surface area contributed by atoms with Crippen LogP contribution in [-0.2, 0) is 6.54 Å². The number of hydrogen-bond donors (Lipinski definition) is 2. The first-order valence-corrected chi connectivity index (χ1v) is 7.30. The lowest BCUT2D eigenvalue weighted by molar-refractivity contribution is 0.216. The summed E-state index contributed by atoms with van der Waals surface area (Å²) in [6.45, 7) is 1.44. The molecule has 5 heteroatoms. The standard InChI is InChI=1S/C17H20N4O/c1-20(9-10-22)12-15-17(13-5-3-2-4-6-13)19-16-8-7-14(18)11-21(15)16/h2-8,11,22H,9-10,12,18H2,1H3. The Morgan fingerprint density at radius 3 is 2.68 bits per heavy atom. The average molecular weight is 296 g/mol. The summed E-state index contributed by atoms with van der Waals surface area (Å²) < 4.78 is 2.03. The number of imidazole rings is 1. The highest BCUT2D eigenvalue weighted by molar-refractivity contribution is 5.67. The first-order valence-electron chi connectivity index (χ1n) is 7.30. The van der Waals surface area contributed by atoms with Crippen LogP contribution in [0.15, 0.2) is 48.7 Å². The number of hydrogen-bond acceptors (Lipinski definition) is 4. The first-order chi connectivity index (χ1) is 10.7. The Hall–Kier alpha value is -2.37. The molecule has 3 rings (SSSR count). The zero-order chi connectivity index (χ0) is 15.5. The minimum atomic E-state index is 0.135. The molecule has 3 N–H and O–H groups in total. The van der Waals surface area contributed by atoms with Crippen molar-refractivity contribution >= 4 is 11.3 Å². The Morgan fingerprint density at radius 1 is 1.18 bits per heavy atom. The van der Waals surface area contributed by atoms with Crippen molar-refractivity contribution < 1.29 is 5.11 Å². The number of pyridine rings is 1. The Balaban J connectivity index is 2.14. The summed E-state index contributed by atoms with van der Waals surface area (Å²) in [5, 5.41) is 9.12. The highest BCUT2D eigenvalue weighted by Gasteiger charge is 2.15. The van der Waals surface area contributed by atoms with Crippen LogP contribution in [0.5, 0.6) is 0 Å². The van der Waals surface area contributed by atoms with Gasteiger partial charge in [0.2, 0.25) is 0 Å². The number of aliphatic hydroxyl groups is 1. The number of nitrogen functional groups attached to an aromatic ring is 1. The van der Waals surface area contributed by atoms with Gasteiger partial charge in [-0.2, -0.15) is 0 Å². The van der Waals surface area contributed by atoms with E-state index >= 15 is 0 Å². The van der Waals surface area contributed by atoms with Gasteiger partial charge in [-0.3, -0.25) is 4.90 Å². The number of nitrogens with zero attached hydrogens (tertiary/aromatic N) is 3. The maximum atomic E-state index is 9.12. The largest absolute Gasteiger partial charge is 0.398 e. The number of aliphatic hydroxyl groups excluding tert-OH is 1. The molecule has 114 valence electrons. The number of fused-ring (bicyclic) bond motifs is 1. The molecule has 2 aromatic heterocycles. The molecule has 0 aliphatic heterocycles. The predicted octanol–water partition coefficient (Wildman–Crippen LogP) is 2.01. The molecule has 0 unspecified atom stereocenters. The Labute approximate surface area is 129 Å². The number of rotatable bonds is 5. The predicted molar refractivity (Wildman–Crippen MR) is 88.5 cm³/mol. The molecule has 1 aromatic carbocycles. The maximum absolute atomic E-state index is 9.12. The Kier molecular flexibility index (Phi) is 4.09. The number of anilines is 1. The molecule has 0 atom stereocenters. The molecule has 3 aromatic rings. The molecule has 2 heterocycles. The molecule has 0 saturated heterocycles. The van der Waals surface area contributed by atoms with E-state index in [0.717, 1.165) is 22.6 Å². The Bertz CT molecular complexity index is 767. The van der Waals surface area contributed by atoms with Crippen molar-refractivity contribution in [3.63, 3.8) is 0 Å². The van der Waals surface area contributed by atoms with Crippen LogP contribution in [0.1, 0.15) is 5.69 Å². The van der Waals surface area contributed by atoms with E-state index in [0.29, 0.717) is 18.8 Å². The fraction of sp³-hybridized carbons (Fsp3) is 0.235. The molecule has 5 nitrogen and oxygen atoms in total. The van der Waals surface area contributed by atoms with Crippen LogP contribution >= 0.6 is 0 Å². The first kappa shape index (κ1) is 14.6. The van der Waals surface area contributed by atoms with Crippen LogP contribution in [0, 0.1) is 0 Å². The van der Waals surface area contributed by atoms with E-state index in [9.17, 15) is 0 Å². The summed E-state index contributed by atoms with van der Waals surface area (Å²) >= 11 is 0. The van der Waals surface area contributed by atoms with Gasteiger partial charge in [-0.05, 0) is 19.2 Å². The van der Waals surface area contributed by atoms with Gasteiger partial charge in [0.05, 0.1) is 18.0 Å². The zero-order valence-corrected chi connectivity index (χ0v) is 12.6. The molecule has 0 fully saturated rings. The summed E-state index contributed by atoms with van der Waals surface area (Å²) in [4.78, 5) is 6.82. The lowest BCUT2D eigenvalue weighted by Gasteiger charge is -2.16. The molecular weight excluding hydrogens is 276 g/mol. The SMILES string of the molecule is CN(CCO)Cc1c(-c2ccccc2)nc2ccc(N)cn12. The lowest BCUT2D eigenvalue weighted by atomic mass is 10.1. The number of nitrogens with two attached hydrogens (primary N) is 1. The number of aromatic nitrogens is 2. The highest BCUT2D eigenvalue weighted by Crippen LogP contribution is 2.26. The summed E-state index contributed by atoms with van der Waals surface area (Å²) in [7, 11) is 1.98. The van der Waals surface area contributed by atoms with E-state index in [1.165, 1.54) is 0 Å². The van der Waals surface area contributed by atoms with E-state index in [1.807, 2.05) is 48.0 Å². The highest BCUT2D eigenvalue weighted by atomic mass is 16.3. The van der Waals surface area contributed by atoms with Crippen LogP contribution < -0.4 is 5.73 Å². The summed E-state index contributed by atoms with van der Waals surface area (Å²) in [5.74, 6) is 0. The third-order valence-electron chi connectivity index (χ3n) is 3.69. The van der Waals surface area contributed by atoms with Crippen molar-refractivity contribution in [3.8, 4) is 11.3 Å². The van der Waals surface area contributed by atoms with E-state index in [-0.39, 0.29) is 6.61 Å². The van der Waals surface area contributed by atoms with E-state index < -0.39 is 0 Å². The van der Waals surface area contributed by atoms with Crippen molar-refractivity contribution in [2.24, 2.45) is 0 Å². The van der Waals surface area contributed by atoms with Crippen LogP contribution in [-0.4, -0.2) is 39.6 Å². The summed E-state index contributed by atoms with van der Waals surface area (Å²) in [5.41, 5.74) is 10.6. The molecule has 0 aliphatic rings. The van der Waals surface area contributed by atoms with Gasteiger partial charge < -0.3 is 15.2 Å². The zero-order valence-electron chi connectivity index (χ0n) is 12.6. The van der Waals surface area contributed by atoms with Gasteiger partial charge in [0.1, 0.15) is 5.65 Å². The summed E-state index contributed by atoms with van der Waals surface area (Å²) in [6.07, 6.45) is 1.90. The van der Waals surface area contributed by atoms with Gasteiger partial charge >= 0.3 is 0 Å². The van der Waals surface area contributed by atoms with Gasteiger partial charge in [0.15, 0.2) is 0 Å². The molecule has 0 saturated carbocycles. The van der Waals surface area contributed by atoms with Crippen LogP contribution in [0.3, 0.4) is 0 Å². The average Bonchev–Trinajstić information content (AvgIpc) is 2.86. The molecule has 0 radical (unpaired) electrons. The molecule has 0 bridgehead atoms. The van der Waals surface area contributed by atoms with E-state index in [1.54, 1.807) is 0 Å². The van der Waals surface area contributed by atoms with Crippen LogP contribution in [0.2, 0.25) is 0 Å². The normalized spacial score (nSPS) is 11.4. The maximum Gasteiger partial charge on any atom is 0.137 e. The third-order valence-corrected chi connectivity index (χ3v) is 3.69. The van der Waals surface area contributed by atoms with Crippen molar-refractivity contribution in [1.82, 2.24) is 14.3 Å². The lowest BCUT2D eigenvalue weighted by Crippen LogP contribution is -2.22. The van der Waals surface area contributed by atoms with Crippen molar-refractivity contribution in [3.05, 3.63) is 54.4 Å². The van der Waals surface area contributed by atoms with Crippen molar-refractivity contribution in [1.29, 1.82) is 0 Å². The smallest absolute Gasteiger partial charge is 0.137 e. The van der Waals surface area contributed by atoms with Gasteiger partial charge in [-0.25, -0.2) is 4.98 Å². The fourth-order valence-electron chi connectivity index (χ4n) is 2.59. The van der Waals surface area contributed by atoms with Gasteiger partial charge in [0.25, 0.3) is 0 Å². The molecule has 0 spiro atoms. The summed E-state index contributed by atoms with van der Waals surface area (Å²) in [6, 6.07) is 13.9. The van der Waals surface area contributed by atoms with E-state index in [4.69, 9.17) is 15.8 Å². The second-order valence-electron chi connectivity index (χ2n) is 5.43. The minimum absolute atomic E-state index is 0.135. The topological polar surface area (TPSA) is 66.8 Å². The molecule has 0 aliphatic carbocycles. The van der Waals surface area contributed by atoms with Gasteiger partial charge in [-0.15, -0.1) is 0 Å². The third kappa shape index (κ3) is 2.81. The van der Waals surface area contributed by atoms with Crippen LogP contribution in [0.4, 0.5) is 5.69 Å². The van der Waals surface area contributed by atoms with Crippen molar-refractivity contribution in [2.75, 3.05) is 25.9 Å². The molecule has 0 amide bonds. The number of likely N-dealkylation sites (N-methyl/N-ethyl adjacent to an activating group) is 1. The Morgan fingerprint density at radius 2 is 1.95 bits per heavy atom. The quantitative estimate of drug-likeness (QED) is 0.756. The van der Waals surface area contributed by atoms with Gasteiger partial charge in [0, 0.05) is 30.5 Å².